The minimum Gasteiger partial charge on any atom is -0.376 e. The molecule has 1 saturated carbocycles. The number of benzene rings is 1. The zero-order valence-corrected chi connectivity index (χ0v) is 14.4. The fourth-order valence-electron chi connectivity index (χ4n) is 4.18. The SMILES string of the molecule is CC(=O)N1CC[C@H](C)[C@@H]1COC1CCC(c2ccccc2)CC1. The molecule has 1 aliphatic heterocycles. The van der Waals surface area contributed by atoms with Crippen LogP contribution >= 0.6 is 0 Å². The van der Waals surface area contributed by atoms with Gasteiger partial charge in [0.1, 0.15) is 0 Å². The summed E-state index contributed by atoms with van der Waals surface area (Å²) in [6.07, 6.45) is 6.18. The monoisotopic (exact) mass is 315 g/mol. The van der Waals surface area contributed by atoms with E-state index in [0.717, 1.165) is 25.8 Å². The largest absolute Gasteiger partial charge is 0.376 e. The fourth-order valence-corrected chi connectivity index (χ4v) is 4.18. The zero-order chi connectivity index (χ0) is 16.2. The summed E-state index contributed by atoms with van der Waals surface area (Å²) in [5, 5.41) is 0. The molecule has 0 bridgehead atoms. The molecule has 0 unspecified atom stereocenters. The Bertz CT molecular complexity index is 508. The Kier molecular flexibility index (Phi) is 5.37. The van der Waals surface area contributed by atoms with E-state index in [1.807, 2.05) is 4.90 Å². The van der Waals surface area contributed by atoms with Crippen LogP contribution < -0.4 is 0 Å². The lowest BCUT2D eigenvalue weighted by Crippen LogP contribution is -2.40. The average Bonchev–Trinajstić information content (AvgIpc) is 2.95. The van der Waals surface area contributed by atoms with E-state index in [4.69, 9.17) is 4.74 Å². The maximum atomic E-state index is 11.7. The molecule has 1 aromatic rings. The van der Waals surface area contributed by atoms with Crippen molar-refractivity contribution in [2.24, 2.45) is 5.92 Å². The lowest BCUT2D eigenvalue weighted by Gasteiger charge is -2.32. The highest BCUT2D eigenvalue weighted by atomic mass is 16.5. The second kappa shape index (κ2) is 7.48. The summed E-state index contributed by atoms with van der Waals surface area (Å²) in [6.45, 7) is 5.52. The van der Waals surface area contributed by atoms with Crippen LogP contribution in [0, 0.1) is 5.92 Å². The molecule has 0 N–H and O–H groups in total. The van der Waals surface area contributed by atoms with Gasteiger partial charge in [0.25, 0.3) is 0 Å². The number of carbonyl (C=O) groups is 1. The van der Waals surface area contributed by atoms with Gasteiger partial charge in [-0.1, -0.05) is 37.3 Å². The number of carbonyl (C=O) groups excluding carboxylic acids is 1. The van der Waals surface area contributed by atoms with E-state index >= 15 is 0 Å². The van der Waals surface area contributed by atoms with Crippen LogP contribution in [0.15, 0.2) is 30.3 Å². The zero-order valence-electron chi connectivity index (χ0n) is 14.4. The van der Waals surface area contributed by atoms with Crippen LogP contribution in [-0.2, 0) is 9.53 Å². The van der Waals surface area contributed by atoms with Crippen molar-refractivity contribution in [1.29, 1.82) is 0 Å². The van der Waals surface area contributed by atoms with Crippen molar-refractivity contribution in [1.82, 2.24) is 4.90 Å². The molecule has 2 fully saturated rings. The van der Waals surface area contributed by atoms with Crippen molar-refractivity contribution in [3.8, 4) is 0 Å². The van der Waals surface area contributed by atoms with E-state index in [0.29, 0.717) is 24.5 Å². The van der Waals surface area contributed by atoms with Gasteiger partial charge in [-0.05, 0) is 49.5 Å². The molecule has 0 radical (unpaired) electrons. The first-order valence-electron chi connectivity index (χ1n) is 9.09. The van der Waals surface area contributed by atoms with Crippen molar-refractivity contribution in [3.63, 3.8) is 0 Å². The molecule has 3 heteroatoms. The summed E-state index contributed by atoms with van der Waals surface area (Å²) in [5.41, 5.74) is 1.47. The van der Waals surface area contributed by atoms with Crippen LogP contribution in [0.1, 0.15) is 57.4 Å². The molecule has 1 saturated heterocycles. The van der Waals surface area contributed by atoms with Crippen LogP contribution in [0.4, 0.5) is 0 Å². The third-order valence-electron chi connectivity index (χ3n) is 5.73. The molecule has 2 atom stereocenters. The lowest BCUT2D eigenvalue weighted by molar-refractivity contribution is -0.132. The van der Waals surface area contributed by atoms with E-state index in [2.05, 4.69) is 37.3 Å². The molecule has 0 spiro atoms. The van der Waals surface area contributed by atoms with Gasteiger partial charge in [0.05, 0.1) is 18.8 Å². The number of hydrogen-bond donors (Lipinski definition) is 0. The second-order valence-electron chi connectivity index (χ2n) is 7.26. The first-order chi connectivity index (χ1) is 11.1. The van der Waals surface area contributed by atoms with Gasteiger partial charge in [-0.2, -0.15) is 0 Å². The first kappa shape index (κ1) is 16.5. The maximum absolute atomic E-state index is 11.7. The second-order valence-corrected chi connectivity index (χ2v) is 7.26. The van der Waals surface area contributed by atoms with Gasteiger partial charge in [0, 0.05) is 13.5 Å². The highest BCUT2D eigenvalue weighted by Crippen LogP contribution is 2.34. The topological polar surface area (TPSA) is 29.5 Å². The van der Waals surface area contributed by atoms with E-state index in [9.17, 15) is 4.79 Å². The van der Waals surface area contributed by atoms with Gasteiger partial charge in [-0.3, -0.25) is 4.79 Å². The van der Waals surface area contributed by atoms with Crippen LogP contribution in [0.5, 0.6) is 0 Å². The standard InChI is InChI=1S/C20H29NO2/c1-15-12-13-21(16(2)22)20(15)14-23-19-10-8-18(9-11-19)17-6-4-3-5-7-17/h3-7,15,18-20H,8-14H2,1-2H3/t15-,18?,19?,20-/m0/s1. The minimum atomic E-state index is 0.190. The Morgan fingerprint density at radius 1 is 1.13 bits per heavy atom. The van der Waals surface area contributed by atoms with Crippen molar-refractivity contribution in [2.45, 2.75) is 64.0 Å². The van der Waals surface area contributed by atoms with Gasteiger partial charge >= 0.3 is 0 Å². The molecule has 3 rings (SSSR count). The number of likely N-dealkylation sites (tertiary alicyclic amines) is 1. The summed E-state index contributed by atoms with van der Waals surface area (Å²) in [7, 11) is 0. The Balaban J connectivity index is 1.47. The summed E-state index contributed by atoms with van der Waals surface area (Å²) in [4.78, 5) is 13.7. The first-order valence-corrected chi connectivity index (χ1v) is 9.09. The molecule has 126 valence electrons. The predicted octanol–water partition coefficient (Wildman–Crippen LogP) is 3.99. The number of nitrogens with zero attached hydrogens (tertiary/aromatic N) is 1. The molecular weight excluding hydrogens is 286 g/mol. The van der Waals surface area contributed by atoms with Gasteiger partial charge in [-0.25, -0.2) is 0 Å². The number of hydrogen-bond acceptors (Lipinski definition) is 2. The van der Waals surface area contributed by atoms with Crippen LogP contribution in [0.3, 0.4) is 0 Å². The van der Waals surface area contributed by atoms with E-state index < -0.39 is 0 Å². The fraction of sp³-hybridized carbons (Fsp3) is 0.650. The Morgan fingerprint density at radius 2 is 1.83 bits per heavy atom. The maximum Gasteiger partial charge on any atom is 0.219 e. The highest BCUT2D eigenvalue weighted by Gasteiger charge is 2.34. The Labute approximate surface area is 140 Å². The van der Waals surface area contributed by atoms with E-state index in [1.165, 1.54) is 18.4 Å². The highest BCUT2D eigenvalue weighted by molar-refractivity contribution is 5.74. The normalized spacial score (nSPS) is 31.3. The van der Waals surface area contributed by atoms with Gasteiger partial charge < -0.3 is 9.64 Å². The summed E-state index contributed by atoms with van der Waals surface area (Å²) < 4.78 is 6.21. The summed E-state index contributed by atoms with van der Waals surface area (Å²) in [6, 6.07) is 11.1. The molecule has 2 aliphatic rings. The Hall–Kier alpha value is -1.35. The molecular formula is C20H29NO2. The molecule has 1 amide bonds. The number of rotatable bonds is 4. The van der Waals surface area contributed by atoms with Gasteiger partial charge in [-0.15, -0.1) is 0 Å². The molecule has 1 heterocycles. The average molecular weight is 315 g/mol. The predicted molar refractivity (Wildman–Crippen MR) is 92.3 cm³/mol. The van der Waals surface area contributed by atoms with Crippen LogP contribution in [-0.4, -0.2) is 36.1 Å². The minimum absolute atomic E-state index is 0.190. The van der Waals surface area contributed by atoms with E-state index in [-0.39, 0.29) is 11.9 Å². The Morgan fingerprint density at radius 3 is 2.48 bits per heavy atom. The van der Waals surface area contributed by atoms with E-state index in [1.54, 1.807) is 6.92 Å². The molecule has 3 nitrogen and oxygen atoms in total. The molecule has 0 aromatic heterocycles. The smallest absolute Gasteiger partial charge is 0.219 e. The van der Waals surface area contributed by atoms with Gasteiger partial charge in [0.2, 0.25) is 5.91 Å². The van der Waals surface area contributed by atoms with Gasteiger partial charge in [0.15, 0.2) is 0 Å². The van der Waals surface area contributed by atoms with Crippen molar-refractivity contribution in [2.75, 3.05) is 13.2 Å². The number of amides is 1. The molecule has 1 aromatic carbocycles. The number of ether oxygens (including phenoxy) is 1. The molecule has 1 aliphatic carbocycles. The van der Waals surface area contributed by atoms with Crippen LogP contribution in [0.2, 0.25) is 0 Å². The van der Waals surface area contributed by atoms with Crippen molar-refractivity contribution < 1.29 is 9.53 Å². The third-order valence-corrected chi connectivity index (χ3v) is 5.73. The van der Waals surface area contributed by atoms with Crippen LogP contribution in [0.25, 0.3) is 0 Å². The third kappa shape index (κ3) is 3.95. The lowest BCUT2D eigenvalue weighted by atomic mass is 9.83. The quantitative estimate of drug-likeness (QED) is 0.841. The van der Waals surface area contributed by atoms with Crippen molar-refractivity contribution >= 4 is 5.91 Å². The summed E-state index contributed by atoms with van der Waals surface area (Å²) >= 11 is 0. The molecule has 23 heavy (non-hydrogen) atoms. The summed E-state index contributed by atoms with van der Waals surface area (Å²) in [5.74, 6) is 1.44. The van der Waals surface area contributed by atoms with Crippen molar-refractivity contribution in [3.05, 3.63) is 35.9 Å².